The van der Waals surface area contributed by atoms with Crippen LogP contribution in [0.1, 0.15) is 6.92 Å². The van der Waals surface area contributed by atoms with Crippen LogP contribution in [0.3, 0.4) is 0 Å². The Morgan fingerprint density at radius 1 is 1.37 bits per heavy atom. The second-order valence-electron chi connectivity index (χ2n) is 3.77. The van der Waals surface area contributed by atoms with E-state index in [0.29, 0.717) is 12.3 Å². The molecule has 2 rings (SSSR count). The minimum Gasteiger partial charge on any atom is -0.497 e. The van der Waals surface area contributed by atoms with Gasteiger partial charge in [-0.25, -0.2) is 4.79 Å². The zero-order chi connectivity index (χ0) is 13.8. The molecule has 0 aromatic heterocycles. The molecule has 0 bridgehead atoms. The molecule has 6 heteroatoms. The Labute approximate surface area is 116 Å². The van der Waals surface area contributed by atoms with Gasteiger partial charge < -0.3 is 19.5 Å². The minimum absolute atomic E-state index is 0.00858. The molecule has 1 heterocycles. The van der Waals surface area contributed by atoms with Gasteiger partial charge in [0.2, 0.25) is 6.29 Å². The number of nitrogens with one attached hydrogen (secondary N) is 1. The largest absolute Gasteiger partial charge is 0.497 e. The van der Waals surface area contributed by atoms with Crippen molar-refractivity contribution in [2.24, 2.45) is 0 Å². The van der Waals surface area contributed by atoms with E-state index >= 15 is 0 Å². The molecule has 0 amide bonds. The van der Waals surface area contributed by atoms with E-state index < -0.39 is 12.3 Å². The highest BCUT2D eigenvalue weighted by atomic mass is 35.5. The Kier molecular flexibility index (Phi) is 4.29. The number of benzene rings is 1. The molecule has 102 valence electrons. The number of carbonyl (C=O) groups excluding carboxylic acids is 1. The first-order valence-electron chi connectivity index (χ1n) is 5.79. The summed E-state index contributed by atoms with van der Waals surface area (Å²) in [5.74, 6) is 0.155. The second-order valence-corrected chi connectivity index (χ2v) is 4.15. The summed E-state index contributed by atoms with van der Waals surface area (Å²) in [7, 11) is 1.59. The molecule has 0 spiro atoms. The molecule has 1 N–H and O–H groups in total. The van der Waals surface area contributed by atoms with Gasteiger partial charge in [-0.3, -0.25) is 0 Å². The molecule has 1 unspecified atom stereocenters. The average Bonchev–Trinajstić information content (AvgIpc) is 2.68. The number of anilines is 1. The van der Waals surface area contributed by atoms with Crippen LogP contribution in [0.2, 0.25) is 0 Å². The Morgan fingerprint density at radius 2 is 2.05 bits per heavy atom. The SMILES string of the molecule is CCOC1OC(=O)C(Cl)=C1Nc1ccc(OC)cc1. The number of rotatable bonds is 5. The summed E-state index contributed by atoms with van der Waals surface area (Å²) in [6.07, 6.45) is -0.785. The zero-order valence-electron chi connectivity index (χ0n) is 10.6. The van der Waals surface area contributed by atoms with E-state index in [9.17, 15) is 4.79 Å². The maximum atomic E-state index is 11.4. The quantitative estimate of drug-likeness (QED) is 0.841. The predicted octanol–water partition coefficient (Wildman–Crippen LogP) is 2.48. The van der Waals surface area contributed by atoms with E-state index in [2.05, 4.69) is 5.32 Å². The molecule has 1 aliphatic heterocycles. The van der Waals surface area contributed by atoms with Gasteiger partial charge in [-0.15, -0.1) is 0 Å². The third-order valence-electron chi connectivity index (χ3n) is 2.55. The molecule has 0 fully saturated rings. The number of cyclic esters (lactones) is 1. The summed E-state index contributed by atoms with van der Waals surface area (Å²) >= 11 is 5.91. The third-order valence-corrected chi connectivity index (χ3v) is 2.91. The van der Waals surface area contributed by atoms with Crippen LogP contribution in [-0.2, 0) is 14.3 Å². The first-order valence-corrected chi connectivity index (χ1v) is 6.16. The van der Waals surface area contributed by atoms with Gasteiger partial charge in [0.15, 0.2) is 5.03 Å². The highest BCUT2D eigenvalue weighted by Crippen LogP contribution is 2.28. The normalized spacial score (nSPS) is 18.5. The van der Waals surface area contributed by atoms with E-state index in [0.717, 1.165) is 11.4 Å². The number of methoxy groups -OCH3 is 1. The van der Waals surface area contributed by atoms with Crippen LogP contribution in [0.4, 0.5) is 5.69 Å². The summed E-state index contributed by atoms with van der Waals surface area (Å²) < 4.78 is 15.4. The van der Waals surface area contributed by atoms with Crippen LogP contribution in [0.15, 0.2) is 35.0 Å². The van der Waals surface area contributed by atoms with Crippen LogP contribution in [-0.4, -0.2) is 26.0 Å². The van der Waals surface area contributed by atoms with Gasteiger partial charge in [-0.1, -0.05) is 11.6 Å². The molecule has 1 atom stereocenters. The second kappa shape index (κ2) is 5.95. The third kappa shape index (κ3) is 3.00. The number of carbonyl (C=O) groups is 1. The number of hydrogen-bond donors (Lipinski definition) is 1. The first-order chi connectivity index (χ1) is 9.15. The van der Waals surface area contributed by atoms with Crippen LogP contribution in [0.5, 0.6) is 5.75 Å². The van der Waals surface area contributed by atoms with Crippen molar-refractivity contribution >= 4 is 23.3 Å². The lowest BCUT2D eigenvalue weighted by molar-refractivity contribution is -0.158. The van der Waals surface area contributed by atoms with Crippen molar-refractivity contribution in [3.05, 3.63) is 35.0 Å². The number of esters is 1. The minimum atomic E-state index is -0.785. The van der Waals surface area contributed by atoms with Crippen LogP contribution >= 0.6 is 11.6 Å². The van der Waals surface area contributed by atoms with Crippen LogP contribution < -0.4 is 10.1 Å². The van der Waals surface area contributed by atoms with Crippen molar-refractivity contribution in [2.75, 3.05) is 19.0 Å². The molecule has 0 saturated heterocycles. The topological polar surface area (TPSA) is 56.8 Å². The summed E-state index contributed by atoms with van der Waals surface area (Å²) in [6.45, 7) is 2.22. The Hall–Kier alpha value is -1.72. The Bertz CT molecular complexity index is 498. The first kappa shape index (κ1) is 13.7. The molecule has 5 nitrogen and oxygen atoms in total. The monoisotopic (exact) mass is 283 g/mol. The molecule has 1 aromatic carbocycles. The summed E-state index contributed by atoms with van der Waals surface area (Å²) in [5.41, 5.74) is 1.18. The maximum Gasteiger partial charge on any atom is 0.354 e. The summed E-state index contributed by atoms with van der Waals surface area (Å²) in [5, 5.41) is 3.04. The van der Waals surface area contributed by atoms with Crippen LogP contribution in [0.25, 0.3) is 0 Å². The number of ether oxygens (including phenoxy) is 3. The van der Waals surface area contributed by atoms with E-state index in [1.165, 1.54) is 0 Å². The number of halogens is 1. The molecule has 1 aliphatic rings. The van der Waals surface area contributed by atoms with Crippen molar-refractivity contribution in [1.29, 1.82) is 0 Å². The average molecular weight is 284 g/mol. The van der Waals surface area contributed by atoms with Gasteiger partial charge in [0.25, 0.3) is 0 Å². The van der Waals surface area contributed by atoms with Gasteiger partial charge in [-0.2, -0.15) is 0 Å². The lowest BCUT2D eigenvalue weighted by atomic mass is 10.3. The van der Waals surface area contributed by atoms with Crippen molar-refractivity contribution in [1.82, 2.24) is 0 Å². The molecule has 1 aromatic rings. The van der Waals surface area contributed by atoms with E-state index in [-0.39, 0.29) is 5.03 Å². The van der Waals surface area contributed by atoms with Gasteiger partial charge in [0.1, 0.15) is 11.4 Å². The van der Waals surface area contributed by atoms with Gasteiger partial charge in [0, 0.05) is 12.3 Å². The molecular formula is C13H14ClNO4. The Morgan fingerprint density at radius 3 is 2.63 bits per heavy atom. The fourth-order valence-corrected chi connectivity index (χ4v) is 1.81. The van der Waals surface area contributed by atoms with Crippen molar-refractivity contribution in [3.8, 4) is 5.75 Å². The number of hydrogen-bond acceptors (Lipinski definition) is 5. The molecule has 19 heavy (non-hydrogen) atoms. The van der Waals surface area contributed by atoms with Gasteiger partial charge in [0.05, 0.1) is 7.11 Å². The highest BCUT2D eigenvalue weighted by molar-refractivity contribution is 6.42. The molecule has 0 radical (unpaired) electrons. The highest BCUT2D eigenvalue weighted by Gasteiger charge is 2.34. The molecule has 0 aliphatic carbocycles. The predicted molar refractivity (Wildman–Crippen MR) is 71.0 cm³/mol. The maximum absolute atomic E-state index is 11.4. The summed E-state index contributed by atoms with van der Waals surface area (Å²) in [4.78, 5) is 11.4. The van der Waals surface area contributed by atoms with E-state index in [4.69, 9.17) is 25.8 Å². The summed E-state index contributed by atoms with van der Waals surface area (Å²) in [6, 6.07) is 7.21. The lowest BCUT2D eigenvalue weighted by Gasteiger charge is -2.15. The zero-order valence-corrected chi connectivity index (χ0v) is 11.4. The van der Waals surface area contributed by atoms with E-state index in [1.807, 2.05) is 19.1 Å². The standard InChI is InChI=1S/C13H14ClNO4/c1-3-18-13-11(10(14)12(16)19-13)15-8-4-6-9(17-2)7-5-8/h4-7,13,15H,3H2,1-2H3. The van der Waals surface area contributed by atoms with Crippen molar-refractivity contribution < 1.29 is 19.0 Å². The van der Waals surface area contributed by atoms with E-state index in [1.54, 1.807) is 19.2 Å². The Balaban J connectivity index is 2.17. The van der Waals surface area contributed by atoms with Crippen molar-refractivity contribution in [3.63, 3.8) is 0 Å². The molecular weight excluding hydrogens is 270 g/mol. The molecule has 0 saturated carbocycles. The fourth-order valence-electron chi connectivity index (χ4n) is 1.63. The fraction of sp³-hybridized carbons (Fsp3) is 0.308. The smallest absolute Gasteiger partial charge is 0.354 e. The van der Waals surface area contributed by atoms with Crippen molar-refractivity contribution in [2.45, 2.75) is 13.2 Å². The van der Waals surface area contributed by atoms with Crippen LogP contribution in [0, 0.1) is 0 Å². The van der Waals surface area contributed by atoms with Gasteiger partial charge in [-0.05, 0) is 31.2 Å². The van der Waals surface area contributed by atoms with Gasteiger partial charge >= 0.3 is 5.97 Å². The lowest BCUT2D eigenvalue weighted by Crippen LogP contribution is -2.20.